The summed E-state index contributed by atoms with van der Waals surface area (Å²) in [6.45, 7) is 0. The summed E-state index contributed by atoms with van der Waals surface area (Å²) in [7, 11) is 0. The van der Waals surface area contributed by atoms with Gasteiger partial charge in [0.1, 0.15) is 5.58 Å². The van der Waals surface area contributed by atoms with Crippen LogP contribution in [0.15, 0.2) is 59.2 Å². The molecule has 0 unspecified atom stereocenters. The van der Waals surface area contributed by atoms with Gasteiger partial charge in [0.05, 0.1) is 6.26 Å². The summed E-state index contributed by atoms with van der Waals surface area (Å²) in [5.74, 6) is -2.41. The third-order valence-corrected chi connectivity index (χ3v) is 3.12. The zero-order valence-electron chi connectivity index (χ0n) is 10.4. The minimum Gasteiger partial charge on any atom is -0.475 e. The molecule has 98 valence electrons. The second-order valence-corrected chi connectivity index (χ2v) is 4.36. The van der Waals surface area contributed by atoms with Gasteiger partial charge in [0.15, 0.2) is 0 Å². The summed E-state index contributed by atoms with van der Waals surface area (Å²) in [4.78, 5) is 22.1. The average molecular weight is 266 g/mol. The molecule has 20 heavy (non-hydrogen) atoms. The maximum atomic E-state index is 11.4. The molecule has 0 amide bonds. The van der Waals surface area contributed by atoms with Gasteiger partial charge in [-0.05, 0) is 23.8 Å². The molecule has 0 aliphatic heterocycles. The molecule has 1 N–H and O–H groups in total. The molecule has 0 spiro atoms. The Kier molecular flexibility index (Phi) is 2.84. The van der Waals surface area contributed by atoms with Crippen molar-refractivity contribution < 1.29 is 19.1 Å². The Balaban J connectivity index is 2.12. The second kappa shape index (κ2) is 4.66. The standard InChI is InChI=1S/C16H10O4/c17-15(16(18)19)11-6-7-12-13(9-20-14(12)8-11)10-4-2-1-3-5-10/h1-9H,(H,18,19). The number of carboxylic acids is 1. The topological polar surface area (TPSA) is 67.5 Å². The van der Waals surface area contributed by atoms with Gasteiger partial charge in [-0.2, -0.15) is 0 Å². The first-order valence-electron chi connectivity index (χ1n) is 6.01. The lowest BCUT2D eigenvalue weighted by Crippen LogP contribution is -2.12. The van der Waals surface area contributed by atoms with Crippen molar-refractivity contribution in [1.29, 1.82) is 0 Å². The molecule has 1 heterocycles. The summed E-state index contributed by atoms with van der Waals surface area (Å²) < 4.78 is 5.43. The van der Waals surface area contributed by atoms with Gasteiger partial charge >= 0.3 is 5.97 Å². The lowest BCUT2D eigenvalue weighted by molar-refractivity contribution is -0.131. The highest BCUT2D eigenvalue weighted by Crippen LogP contribution is 2.31. The zero-order valence-corrected chi connectivity index (χ0v) is 10.4. The van der Waals surface area contributed by atoms with Crippen LogP contribution in [-0.4, -0.2) is 16.9 Å². The predicted octanol–water partition coefficient (Wildman–Crippen LogP) is 3.37. The van der Waals surface area contributed by atoms with Crippen molar-refractivity contribution >= 4 is 22.7 Å². The SMILES string of the molecule is O=C(O)C(=O)c1ccc2c(-c3ccccc3)coc2c1. The van der Waals surface area contributed by atoms with E-state index >= 15 is 0 Å². The van der Waals surface area contributed by atoms with Crippen molar-refractivity contribution in [1.82, 2.24) is 0 Å². The first-order valence-corrected chi connectivity index (χ1v) is 6.01. The van der Waals surface area contributed by atoms with E-state index in [9.17, 15) is 9.59 Å². The minimum absolute atomic E-state index is 0.110. The minimum atomic E-state index is -1.47. The highest BCUT2D eigenvalue weighted by molar-refractivity contribution is 6.40. The van der Waals surface area contributed by atoms with Gasteiger partial charge in [0.2, 0.25) is 0 Å². The van der Waals surface area contributed by atoms with Gasteiger partial charge in [-0.3, -0.25) is 4.79 Å². The van der Waals surface area contributed by atoms with Crippen molar-refractivity contribution in [3.8, 4) is 11.1 Å². The van der Waals surface area contributed by atoms with Gasteiger partial charge in [-0.1, -0.05) is 30.3 Å². The Morgan fingerprint density at radius 2 is 1.75 bits per heavy atom. The highest BCUT2D eigenvalue weighted by atomic mass is 16.4. The Hall–Kier alpha value is -2.88. The van der Waals surface area contributed by atoms with Crippen molar-refractivity contribution in [2.75, 3.05) is 0 Å². The van der Waals surface area contributed by atoms with Crippen LogP contribution in [-0.2, 0) is 4.79 Å². The van der Waals surface area contributed by atoms with Crippen LogP contribution in [0.25, 0.3) is 22.1 Å². The summed E-state index contributed by atoms with van der Waals surface area (Å²) in [6, 6.07) is 14.4. The van der Waals surface area contributed by atoms with Crippen molar-refractivity contribution in [2.24, 2.45) is 0 Å². The normalized spacial score (nSPS) is 10.6. The maximum Gasteiger partial charge on any atom is 0.377 e. The Labute approximate surface area is 114 Å². The van der Waals surface area contributed by atoms with E-state index in [-0.39, 0.29) is 5.56 Å². The molecule has 4 nitrogen and oxygen atoms in total. The molecule has 2 aromatic carbocycles. The molecule has 3 rings (SSSR count). The third kappa shape index (κ3) is 1.97. The molecular weight excluding hydrogens is 256 g/mol. The largest absolute Gasteiger partial charge is 0.475 e. The van der Waals surface area contributed by atoms with Crippen LogP contribution in [0.2, 0.25) is 0 Å². The van der Waals surface area contributed by atoms with E-state index < -0.39 is 11.8 Å². The summed E-state index contributed by atoms with van der Waals surface area (Å²) in [6.07, 6.45) is 1.61. The Morgan fingerprint density at radius 3 is 2.45 bits per heavy atom. The van der Waals surface area contributed by atoms with E-state index in [0.717, 1.165) is 16.5 Å². The van der Waals surface area contributed by atoms with Crippen molar-refractivity contribution in [2.45, 2.75) is 0 Å². The molecule has 0 aliphatic carbocycles. The fourth-order valence-corrected chi connectivity index (χ4v) is 2.13. The van der Waals surface area contributed by atoms with Crippen LogP contribution >= 0.6 is 0 Å². The third-order valence-electron chi connectivity index (χ3n) is 3.12. The first kappa shape index (κ1) is 12.2. The number of fused-ring (bicyclic) bond motifs is 1. The van der Waals surface area contributed by atoms with Gasteiger partial charge in [-0.25, -0.2) is 4.79 Å². The Bertz CT molecular complexity index is 800. The van der Waals surface area contributed by atoms with Gasteiger partial charge < -0.3 is 9.52 Å². The van der Waals surface area contributed by atoms with Crippen LogP contribution in [0, 0.1) is 0 Å². The number of carbonyl (C=O) groups excluding carboxylic acids is 1. The number of aliphatic carboxylic acids is 1. The number of furan rings is 1. The smallest absolute Gasteiger partial charge is 0.377 e. The molecule has 4 heteroatoms. The van der Waals surface area contributed by atoms with Crippen LogP contribution in [0.1, 0.15) is 10.4 Å². The van der Waals surface area contributed by atoms with Gasteiger partial charge in [-0.15, -0.1) is 0 Å². The Morgan fingerprint density at radius 1 is 1.00 bits per heavy atom. The highest BCUT2D eigenvalue weighted by Gasteiger charge is 2.16. The van der Waals surface area contributed by atoms with E-state index in [1.165, 1.54) is 12.1 Å². The number of benzene rings is 2. The molecule has 3 aromatic rings. The number of carboxylic acid groups (broad SMARTS) is 1. The van der Waals surface area contributed by atoms with E-state index in [1.807, 2.05) is 30.3 Å². The summed E-state index contributed by atoms with van der Waals surface area (Å²) in [5, 5.41) is 9.56. The lowest BCUT2D eigenvalue weighted by Gasteiger charge is -1.99. The lowest BCUT2D eigenvalue weighted by atomic mass is 10.0. The number of hydrogen-bond acceptors (Lipinski definition) is 3. The second-order valence-electron chi connectivity index (χ2n) is 4.36. The number of Topliss-reactive ketones (excluding diaryl/α,β-unsaturated/α-hetero) is 1. The van der Waals surface area contributed by atoms with Crippen LogP contribution < -0.4 is 0 Å². The molecule has 0 atom stereocenters. The quantitative estimate of drug-likeness (QED) is 0.583. The van der Waals surface area contributed by atoms with E-state index in [0.29, 0.717) is 5.58 Å². The number of rotatable bonds is 3. The molecular formula is C16H10O4. The molecule has 0 fully saturated rings. The van der Waals surface area contributed by atoms with Crippen LogP contribution in [0.5, 0.6) is 0 Å². The molecule has 0 saturated carbocycles. The number of ketones is 1. The van der Waals surface area contributed by atoms with E-state index in [4.69, 9.17) is 9.52 Å². The maximum absolute atomic E-state index is 11.4. The van der Waals surface area contributed by atoms with Crippen molar-refractivity contribution in [3.63, 3.8) is 0 Å². The molecule has 0 aliphatic rings. The van der Waals surface area contributed by atoms with Crippen molar-refractivity contribution in [3.05, 3.63) is 60.4 Å². The van der Waals surface area contributed by atoms with Crippen LogP contribution in [0.3, 0.4) is 0 Å². The average Bonchev–Trinajstić information content (AvgIpc) is 2.90. The zero-order chi connectivity index (χ0) is 14.1. The number of carbonyl (C=O) groups is 2. The van der Waals surface area contributed by atoms with Gasteiger partial charge in [0.25, 0.3) is 5.78 Å². The molecule has 0 saturated heterocycles. The predicted molar refractivity (Wildman–Crippen MR) is 73.6 cm³/mol. The fraction of sp³-hybridized carbons (Fsp3) is 0. The monoisotopic (exact) mass is 266 g/mol. The fourth-order valence-electron chi connectivity index (χ4n) is 2.13. The summed E-state index contributed by atoms with van der Waals surface area (Å²) in [5.41, 5.74) is 2.52. The summed E-state index contributed by atoms with van der Waals surface area (Å²) >= 11 is 0. The molecule has 0 radical (unpaired) electrons. The molecule has 1 aromatic heterocycles. The van der Waals surface area contributed by atoms with E-state index in [2.05, 4.69) is 0 Å². The number of hydrogen-bond donors (Lipinski definition) is 1. The van der Waals surface area contributed by atoms with Crippen LogP contribution in [0.4, 0.5) is 0 Å². The molecule has 0 bridgehead atoms. The van der Waals surface area contributed by atoms with E-state index in [1.54, 1.807) is 12.3 Å². The first-order chi connectivity index (χ1) is 9.66. The van der Waals surface area contributed by atoms with Gasteiger partial charge in [0, 0.05) is 16.5 Å².